The number of nitrogens with one attached hydrogen (secondary N) is 2. The van der Waals surface area contributed by atoms with E-state index in [9.17, 15) is 4.39 Å². The van der Waals surface area contributed by atoms with Crippen molar-refractivity contribution in [1.82, 2.24) is 10.3 Å². The second-order valence-corrected chi connectivity index (χ2v) is 5.81. The van der Waals surface area contributed by atoms with Crippen molar-refractivity contribution in [2.45, 2.75) is 32.2 Å². The van der Waals surface area contributed by atoms with Crippen LogP contribution in [0.1, 0.15) is 26.2 Å². The molecule has 0 aliphatic rings. The van der Waals surface area contributed by atoms with E-state index in [0.29, 0.717) is 10.2 Å². The molecule has 0 unspecified atom stereocenters. The van der Waals surface area contributed by atoms with Gasteiger partial charge in [-0.3, -0.25) is 0 Å². The number of nitrogens with zero attached hydrogens (tertiary/aromatic N) is 1. The first-order valence-electron chi connectivity index (χ1n) is 6.11. The van der Waals surface area contributed by atoms with Gasteiger partial charge in [0.1, 0.15) is 4.34 Å². The fourth-order valence-electron chi connectivity index (χ4n) is 1.47. The number of hydrogen-bond acceptors (Lipinski definition) is 5. The van der Waals surface area contributed by atoms with Crippen molar-refractivity contribution in [2.24, 2.45) is 5.73 Å². The van der Waals surface area contributed by atoms with Crippen LogP contribution in [0.2, 0.25) is 4.34 Å². The zero-order chi connectivity index (χ0) is 13.4. The minimum Gasteiger partial charge on any atom is -0.368 e. The third-order valence-corrected chi connectivity index (χ3v) is 3.39. The Balaban J connectivity index is 1.97. The molecule has 18 heavy (non-hydrogen) atoms. The third-order valence-electron chi connectivity index (χ3n) is 2.35. The largest absolute Gasteiger partial charge is 0.368 e. The smallest absolute Gasteiger partial charge is 0.272 e. The van der Waals surface area contributed by atoms with E-state index in [1.165, 1.54) is 0 Å². The maximum Gasteiger partial charge on any atom is 0.272 e. The van der Waals surface area contributed by atoms with Gasteiger partial charge in [0.05, 0.1) is 0 Å². The van der Waals surface area contributed by atoms with Gasteiger partial charge in [-0.25, -0.2) is 0 Å². The molecule has 1 aromatic rings. The number of aromatic nitrogens is 1. The molecule has 1 aromatic heterocycles. The van der Waals surface area contributed by atoms with E-state index in [4.69, 9.17) is 17.3 Å². The number of unbranched alkanes of at least 4 members (excludes halogenated alkanes) is 2. The Bertz CT molecular complexity index is 346. The van der Waals surface area contributed by atoms with Crippen molar-refractivity contribution < 1.29 is 4.39 Å². The lowest BCUT2D eigenvalue weighted by atomic mass is 10.2. The van der Waals surface area contributed by atoms with Crippen LogP contribution in [0, 0.1) is 5.26 Å². The molecule has 0 amide bonds. The highest BCUT2D eigenvalue weighted by molar-refractivity contribution is 7.15. The van der Waals surface area contributed by atoms with Crippen LogP contribution < -0.4 is 16.4 Å². The Morgan fingerprint density at radius 1 is 1.39 bits per heavy atom. The summed E-state index contributed by atoms with van der Waals surface area (Å²) in [6.07, 6.45) is 3.21. The third kappa shape index (κ3) is 6.49. The lowest BCUT2D eigenvalue weighted by molar-refractivity contribution is 0.571. The molecule has 0 aliphatic heterocycles. The van der Waals surface area contributed by atoms with Crippen LogP contribution in [0.4, 0.5) is 10.2 Å². The maximum absolute atomic E-state index is 12.7. The van der Waals surface area contributed by atoms with Gasteiger partial charge in [0.2, 0.25) is 0 Å². The highest BCUT2D eigenvalue weighted by atomic mass is 35.5. The van der Waals surface area contributed by atoms with Crippen LogP contribution in [0.5, 0.6) is 0 Å². The number of halogens is 2. The van der Waals surface area contributed by atoms with Crippen LogP contribution in [0.15, 0.2) is 0 Å². The zero-order valence-electron chi connectivity index (χ0n) is 10.5. The number of thiazole rings is 1. The zero-order valence-corrected chi connectivity index (χ0v) is 12.1. The van der Waals surface area contributed by atoms with Crippen LogP contribution in [0.25, 0.3) is 0 Å². The van der Waals surface area contributed by atoms with Gasteiger partial charge in [-0.05, 0) is 26.3 Å². The fourth-order valence-corrected chi connectivity index (χ4v) is 2.27. The number of anilines is 1. The second-order valence-electron chi connectivity index (χ2n) is 4.26. The van der Waals surface area contributed by atoms with Crippen LogP contribution in [-0.4, -0.2) is 30.7 Å². The number of nitrogens with two attached hydrogens (primary N) is 1. The lowest BCUT2D eigenvalue weighted by Crippen LogP contribution is -2.31. The van der Waals surface area contributed by atoms with E-state index in [1.54, 1.807) is 0 Å². The Hall–Kier alpha value is -0.430. The quantitative estimate of drug-likeness (QED) is 0.612. The van der Waals surface area contributed by atoms with Gasteiger partial charge in [-0.15, -0.1) is 0 Å². The topological polar surface area (TPSA) is 63.0 Å². The summed E-state index contributed by atoms with van der Waals surface area (Å²) in [6.45, 7) is 4.57. The van der Waals surface area contributed by atoms with Gasteiger partial charge >= 0.3 is 0 Å². The molecule has 0 saturated heterocycles. The summed E-state index contributed by atoms with van der Waals surface area (Å²) in [4.78, 5) is 3.66. The first-order valence-corrected chi connectivity index (χ1v) is 7.31. The fraction of sp³-hybridized carbons (Fsp3) is 0.727. The molecule has 1 atom stereocenters. The van der Waals surface area contributed by atoms with Crippen LogP contribution >= 0.6 is 22.9 Å². The number of hydrogen-bond donors (Lipinski definition) is 3. The summed E-state index contributed by atoms with van der Waals surface area (Å²) < 4.78 is 13.1. The van der Waals surface area contributed by atoms with Gasteiger partial charge in [-0.1, -0.05) is 29.4 Å². The summed E-state index contributed by atoms with van der Waals surface area (Å²) in [7, 11) is 0. The predicted octanol–water partition coefficient (Wildman–Crippen LogP) is 2.45. The Labute approximate surface area is 116 Å². The minimum absolute atomic E-state index is 0.202. The van der Waals surface area contributed by atoms with E-state index in [0.717, 1.165) is 50.2 Å². The first kappa shape index (κ1) is 15.6. The van der Waals surface area contributed by atoms with Crippen molar-refractivity contribution in [1.29, 1.82) is 0 Å². The number of rotatable bonds is 9. The van der Waals surface area contributed by atoms with Gasteiger partial charge in [-0.2, -0.15) is 9.37 Å². The molecule has 0 aliphatic carbocycles. The van der Waals surface area contributed by atoms with E-state index in [2.05, 4.69) is 15.6 Å². The summed E-state index contributed by atoms with van der Waals surface area (Å²) >= 11 is 6.64. The molecular formula is C11H20ClFN4S. The summed E-state index contributed by atoms with van der Waals surface area (Å²) in [5, 5.41) is 5.81. The summed E-state index contributed by atoms with van der Waals surface area (Å²) in [5.41, 5.74) is 5.61. The maximum atomic E-state index is 12.7. The van der Waals surface area contributed by atoms with Gasteiger partial charge in [0.25, 0.3) is 5.26 Å². The van der Waals surface area contributed by atoms with Gasteiger partial charge in [0, 0.05) is 19.1 Å². The van der Waals surface area contributed by atoms with E-state index in [1.807, 2.05) is 6.92 Å². The average molecular weight is 295 g/mol. The molecule has 0 fully saturated rings. The highest BCUT2D eigenvalue weighted by Crippen LogP contribution is 2.27. The second kappa shape index (κ2) is 8.63. The van der Waals surface area contributed by atoms with Crippen molar-refractivity contribution in [3.05, 3.63) is 9.60 Å². The molecule has 7 heteroatoms. The summed E-state index contributed by atoms with van der Waals surface area (Å²) in [5.74, 6) is 0.453. The van der Waals surface area contributed by atoms with Crippen LogP contribution in [-0.2, 0) is 0 Å². The van der Waals surface area contributed by atoms with Crippen molar-refractivity contribution in [2.75, 3.05) is 25.0 Å². The Morgan fingerprint density at radius 3 is 2.72 bits per heavy atom. The predicted molar refractivity (Wildman–Crippen MR) is 75.9 cm³/mol. The van der Waals surface area contributed by atoms with E-state index in [-0.39, 0.29) is 6.04 Å². The molecule has 1 rings (SSSR count). The minimum atomic E-state index is -0.498. The SMILES string of the molecule is C[C@@H](N)CNCCCCCNc1nc(F)sc1Cl. The molecule has 1 heterocycles. The molecular weight excluding hydrogens is 275 g/mol. The molecule has 4 nitrogen and oxygen atoms in total. The first-order chi connectivity index (χ1) is 8.59. The Morgan fingerprint density at radius 2 is 2.11 bits per heavy atom. The molecule has 0 bridgehead atoms. The molecule has 0 aromatic carbocycles. The molecule has 0 radical (unpaired) electrons. The Kier molecular flexibility index (Phi) is 7.50. The van der Waals surface area contributed by atoms with E-state index >= 15 is 0 Å². The standard InChI is InChI=1S/C11H20ClFN4S/c1-8(14)7-15-5-3-2-4-6-16-10-9(12)18-11(13)17-10/h8,15-16H,2-7,14H2,1H3/t8-/m1/s1. The van der Waals surface area contributed by atoms with Crippen molar-refractivity contribution in [3.63, 3.8) is 0 Å². The van der Waals surface area contributed by atoms with Crippen LogP contribution in [0.3, 0.4) is 0 Å². The normalized spacial score (nSPS) is 12.7. The van der Waals surface area contributed by atoms with E-state index < -0.39 is 5.26 Å². The molecule has 104 valence electrons. The van der Waals surface area contributed by atoms with Gasteiger partial charge in [0.15, 0.2) is 5.82 Å². The van der Waals surface area contributed by atoms with Crippen molar-refractivity contribution in [3.8, 4) is 0 Å². The molecule has 0 spiro atoms. The molecule has 0 saturated carbocycles. The highest BCUT2D eigenvalue weighted by Gasteiger charge is 2.07. The summed E-state index contributed by atoms with van der Waals surface area (Å²) in [6, 6.07) is 0.202. The van der Waals surface area contributed by atoms with Gasteiger partial charge < -0.3 is 16.4 Å². The average Bonchev–Trinajstić information content (AvgIpc) is 2.61. The molecule has 4 N–H and O–H groups in total. The van der Waals surface area contributed by atoms with Crippen molar-refractivity contribution >= 4 is 28.8 Å². The monoisotopic (exact) mass is 294 g/mol. The lowest BCUT2D eigenvalue weighted by Gasteiger charge is -2.07.